The number of rotatable bonds is 2. The molecule has 84 valence electrons. The van der Waals surface area contributed by atoms with Gasteiger partial charge in [0.05, 0.1) is 5.52 Å². The Morgan fingerprint density at radius 1 is 1.12 bits per heavy atom. The van der Waals surface area contributed by atoms with Crippen LogP contribution in [0.5, 0.6) is 0 Å². The maximum Gasteiger partial charge on any atom is 0.0713 e. The molecule has 0 aliphatic carbocycles. The summed E-state index contributed by atoms with van der Waals surface area (Å²) < 4.78 is 0. The highest BCUT2D eigenvalue weighted by atomic mass is 14.7. The number of benzene rings is 1. The number of hydrogen-bond acceptors (Lipinski definition) is 2. The van der Waals surface area contributed by atoms with E-state index in [9.17, 15) is 0 Å². The number of nitrogens with zero attached hydrogens (tertiary/aromatic N) is 1. The van der Waals surface area contributed by atoms with Crippen LogP contribution in [0.15, 0.2) is 18.2 Å². The molecule has 0 saturated heterocycles. The topological polar surface area (TPSA) is 38.9 Å². The predicted molar refractivity (Wildman–Crippen MR) is 68.7 cm³/mol. The third-order valence-electron chi connectivity index (χ3n) is 2.87. The van der Waals surface area contributed by atoms with Gasteiger partial charge in [0.15, 0.2) is 0 Å². The van der Waals surface area contributed by atoms with Crippen LogP contribution in [0.2, 0.25) is 0 Å². The molecule has 0 spiro atoms. The van der Waals surface area contributed by atoms with Crippen LogP contribution in [0.4, 0.5) is 0 Å². The molecule has 1 heterocycles. The van der Waals surface area contributed by atoms with Crippen LogP contribution in [0.25, 0.3) is 10.9 Å². The Labute approximate surface area is 96.5 Å². The molecule has 0 aliphatic heterocycles. The summed E-state index contributed by atoms with van der Waals surface area (Å²) in [5.41, 5.74) is 11.7. The van der Waals surface area contributed by atoms with Crippen molar-refractivity contribution in [1.29, 1.82) is 0 Å². The van der Waals surface area contributed by atoms with Crippen LogP contribution in [-0.2, 0) is 6.42 Å². The van der Waals surface area contributed by atoms with E-state index >= 15 is 0 Å². The molecular weight excluding hydrogens is 196 g/mol. The van der Waals surface area contributed by atoms with Crippen molar-refractivity contribution >= 4 is 10.9 Å². The highest BCUT2D eigenvalue weighted by Gasteiger charge is 2.06. The minimum Gasteiger partial charge on any atom is -0.330 e. The van der Waals surface area contributed by atoms with E-state index in [0.29, 0.717) is 6.54 Å². The second-order valence-electron chi connectivity index (χ2n) is 4.44. The molecule has 0 saturated carbocycles. The second-order valence-corrected chi connectivity index (χ2v) is 4.44. The number of nitrogens with two attached hydrogens (primary N) is 1. The molecule has 2 N–H and O–H groups in total. The van der Waals surface area contributed by atoms with Crippen molar-refractivity contribution in [3.05, 3.63) is 40.6 Å². The monoisotopic (exact) mass is 214 g/mol. The second kappa shape index (κ2) is 4.22. The molecule has 2 heteroatoms. The molecule has 0 atom stereocenters. The van der Waals surface area contributed by atoms with Crippen LogP contribution < -0.4 is 5.73 Å². The smallest absolute Gasteiger partial charge is 0.0713 e. The van der Waals surface area contributed by atoms with E-state index < -0.39 is 0 Å². The highest BCUT2D eigenvalue weighted by Crippen LogP contribution is 2.24. The Balaban J connectivity index is 2.78. The van der Waals surface area contributed by atoms with E-state index in [-0.39, 0.29) is 0 Å². The standard InChI is InChI=1S/C14H18N2/c1-9-6-10(2)14-12(4-5-15)8-11(3)16-13(14)7-9/h6-8H,4-5,15H2,1-3H3. The van der Waals surface area contributed by atoms with Gasteiger partial charge in [0.2, 0.25) is 0 Å². The SMILES string of the molecule is Cc1cc(C)c2c(CCN)cc(C)nc2c1. The predicted octanol–water partition coefficient (Wildman–Crippen LogP) is 2.66. The zero-order valence-corrected chi connectivity index (χ0v) is 10.2. The molecule has 2 nitrogen and oxygen atoms in total. The molecule has 0 radical (unpaired) electrons. The third-order valence-corrected chi connectivity index (χ3v) is 2.87. The Morgan fingerprint density at radius 2 is 1.88 bits per heavy atom. The summed E-state index contributed by atoms with van der Waals surface area (Å²) in [6.07, 6.45) is 0.920. The molecule has 0 unspecified atom stereocenters. The van der Waals surface area contributed by atoms with E-state index in [2.05, 4.69) is 37.0 Å². The minimum atomic E-state index is 0.686. The summed E-state index contributed by atoms with van der Waals surface area (Å²) in [6, 6.07) is 6.51. The van der Waals surface area contributed by atoms with Crippen molar-refractivity contribution in [1.82, 2.24) is 4.98 Å². The maximum atomic E-state index is 5.66. The van der Waals surface area contributed by atoms with E-state index in [4.69, 9.17) is 5.73 Å². The highest BCUT2D eigenvalue weighted by molar-refractivity contribution is 5.86. The lowest BCUT2D eigenvalue weighted by atomic mass is 9.99. The fraction of sp³-hybridized carbons (Fsp3) is 0.357. The maximum absolute atomic E-state index is 5.66. The first-order chi connectivity index (χ1) is 7.61. The van der Waals surface area contributed by atoms with Crippen molar-refractivity contribution in [3.63, 3.8) is 0 Å². The molecule has 0 bridgehead atoms. The molecule has 0 amide bonds. The van der Waals surface area contributed by atoms with E-state index in [1.807, 2.05) is 6.92 Å². The van der Waals surface area contributed by atoms with Gasteiger partial charge in [0.25, 0.3) is 0 Å². The molecular formula is C14H18N2. The summed E-state index contributed by atoms with van der Waals surface area (Å²) >= 11 is 0. The van der Waals surface area contributed by atoms with Crippen molar-refractivity contribution < 1.29 is 0 Å². The van der Waals surface area contributed by atoms with Crippen molar-refractivity contribution in [2.75, 3.05) is 6.54 Å². The summed E-state index contributed by atoms with van der Waals surface area (Å²) in [4.78, 5) is 4.60. The number of fused-ring (bicyclic) bond motifs is 1. The van der Waals surface area contributed by atoms with Gasteiger partial charge in [-0.1, -0.05) is 6.07 Å². The molecule has 2 aromatic rings. The Hall–Kier alpha value is -1.41. The molecule has 1 aromatic heterocycles. The van der Waals surface area contributed by atoms with E-state index in [1.54, 1.807) is 0 Å². The largest absolute Gasteiger partial charge is 0.330 e. The van der Waals surface area contributed by atoms with Gasteiger partial charge in [-0.15, -0.1) is 0 Å². The van der Waals surface area contributed by atoms with Gasteiger partial charge in [0, 0.05) is 11.1 Å². The Kier molecular flexibility index (Phi) is 2.92. The van der Waals surface area contributed by atoms with Gasteiger partial charge in [-0.3, -0.25) is 4.98 Å². The molecule has 1 aromatic carbocycles. The lowest BCUT2D eigenvalue weighted by molar-refractivity contribution is 0.970. The average molecular weight is 214 g/mol. The first-order valence-electron chi connectivity index (χ1n) is 5.69. The summed E-state index contributed by atoms with van der Waals surface area (Å²) in [5, 5.41) is 1.28. The third kappa shape index (κ3) is 1.93. The van der Waals surface area contributed by atoms with Gasteiger partial charge in [-0.05, 0) is 62.6 Å². The summed E-state index contributed by atoms with van der Waals surface area (Å²) in [5.74, 6) is 0. The van der Waals surface area contributed by atoms with Crippen LogP contribution in [0.3, 0.4) is 0 Å². The van der Waals surface area contributed by atoms with E-state index in [0.717, 1.165) is 17.6 Å². The van der Waals surface area contributed by atoms with Crippen LogP contribution in [-0.4, -0.2) is 11.5 Å². The zero-order chi connectivity index (χ0) is 11.7. The van der Waals surface area contributed by atoms with E-state index in [1.165, 1.54) is 22.1 Å². The number of aryl methyl sites for hydroxylation is 3. The Bertz CT molecular complexity index is 524. The molecule has 2 rings (SSSR count). The summed E-state index contributed by atoms with van der Waals surface area (Å²) in [7, 11) is 0. The van der Waals surface area contributed by atoms with Crippen LogP contribution in [0, 0.1) is 20.8 Å². The Morgan fingerprint density at radius 3 is 2.56 bits per heavy atom. The fourth-order valence-corrected chi connectivity index (χ4v) is 2.35. The number of pyridine rings is 1. The average Bonchev–Trinajstić information content (AvgIpc) is 2.15. The van der Waals surface area contributed by atoms with Gasteiger partial charge >= 0.3 is 0 Å². The van der Waals surface area contributed by atoms with Gasteiger partial charge in [-0.2, -0.15) is 0 Å². The van der Waals surface area contributed by atoms with Crippen molar-refractivity contribution in [3.8, 4) is 0 Å². The van der Waals surface area contributed by atoms with Gasteiger partial charge in [0.1, 0.15) is 0 Å². The normalized spacial score (nSPS) is 11.0. The van der Waals surface area contributed by atoms with Crippen molar-refractivity contribution in [2.45, 2.75) is 27.2 Å². The quantitative estimate of drug-likeness (QED) is 0.834. The fourth-order valence-electron chi connectivity index (χ4n) is 2.35. The van der Waals surface area contributed by atoms with Gasteiger partial charge < -0.3 is 5.73 Å². The van der Waals surface area contributed by atoms with Gasteiger partial charge in [-0.25, -0.2) is 0 Å². The first kappa shape index (κ1) is 11.1. The van der Waals surface area contributed by atoms with Crippen LogP contribution >= 0.6 is 0 Å². The minimum absolute atomic E-state index is 0.686. The molecule has 0 aliphatic rings. The first-order valence-corrected chi connectivity index (χ1v) is 5.69. The summed E-state index contributed by atoms with van der Waals surface area (Å²) in [6.45, 7) is 6.98. The lowest BCUT2D eigenvalue weighted by Gasteiger charge is -2.10. The molecule has 16 heavy (non-hydrogen) atoms. The number of aromatic nitrogens is 1. The zero-order valence-electron chi connectivity index (χ0n) is 10.2. The number of hydrogen-bond donors (Lipinski definition) is 1. The van der Waals surface area contributed by atoms with Crippen molar-refractivity contribution in [2.24, 2.45) is 5.73 Å². The van der Waals surface area contributed by atoms with Crippen LogP contribution in [0.1, 0.15) is 22.4 Å². The molecule has 0 fully saturated rings. The lowest BCUT2D eigenvalue weighted by Crippen LogP contribution is -2.05.